The third kappa shape index (κ3) is 4.68. The van der Waals surface area contributed by atoms with Gasteiger partial charge in [-0.05, 0) is 36.4 Å². The Bertz CT molecular complexity index is 1040. The van der Waals surface area contributed by atoms with Crippen LogP contribution >= 0.6 is 0 Å². The van der Waals surface area contributed by atoms with Crippen LogP contribution in [0.25, 0.3) is 11.0 Å². The van der Waals surface area contributed by atoms with Crippen molar-refractivity contribution in [2.24, 2.45) is 5.41 Å². The van der Waals surface area contributed by atoms with Crippen molar-refractivity contribution >= 4 is 28.4 Å². The van der Waals surface area contributed by atoms with Crippen LogP contribution in [0.1, 0.15) is 20.8 Å². The quantitative estimate of drug-likeness (QED) is 0.698. The number of carbonyl (C=O) groups excluding carboxylic acids is 1. The second kappa shape index (κ2) is 8.28. The maximum atomic E-state index is 12.1. The SMILES string of the molecule is CC(C)(C)C(=O)Nc1ccc(Oc2ccc3ncc(N4CCOCC4)nc3c2)cc1. The molecule has 7 heteroatoms. The van der Waals surface area contributed by atoms with Gasteiger partial charge in [-0.1, -0.05) is 20.8 Å². The lowest BCUT2D eigenvalue weighted by atomic mass is 9.95. The molecule has 0 aliphatic carbocycles. The van der Waals surface area contributed by atoms with Gasteiger partial charge in [0.25, 0.3) is 0 Å². The zero-order valence-electron chi connectivity index (χ0n) is 17.5. The number of rotatable bonds is 4. The van der Waals surface area contributed by atoms with E-state index in [4.69, 9.17) is 14.5 Å². The molecule has 1 aliphatic heterocycles. The second-order valence-electron chi connectivity index (χ2n) is 8.31. The molecule has 7 nitrogen and oxygen atoms in total. The Labute approximate surface area is 176 Å². The number of morpholine rings is 1. The van der Waals surface area contributed by atoms with E-state index in [0.717, 1.165) is 35.6 Å². The smallest absolute Gasteiger partial charge is 0.229 e. The van der Waals surface area contributed by atoms with Crippen molar-refractivity contribution in [3.05, 3.63) is 48.7 Å². The van der Waals surface area contributed by atoms with Gasteiger partial charge in [-0.3, -0.25) is 9.78 Å². The van der Waals surface area contributed by atoms with Gasteiger partial charge in [0, 0.05) is 30.3 Å². The van der Waals surface area contributed by atoms with E-state index in [2.05, 4.69) is 15.2 Å². The summed E-state index contributed by atoms with van der Waals surface area (Å²) in [5, 5.41) is 2.91. The van der Waals surface area contributed by atoms with Crippen molar-refractivity contribution in [2.75, 3.05) is 36.5 Å². The number of amides is 1. The first-order chi connectivity index (χ1) is 14.4. The van der Waals surface area contributed by atoms with Crippen molar-refractivity contribution < 1.29 is 14.3 Å². The summed E-state index contributed by atoms with van der Waals surface area (Å²) in [7, 11) is 0. The Kier molecular flexibility index (Phi) is 5.55. The summed E-state index contributed by atoms with van der Waals surface area (Å²) in [5.74, 6) is 2.19. The van der Waals surface area contributed by atoms with Crippen molar-refractivity contribution in [1.29, 1.82) is 0 Å². The predicted octanol–water partition coefficient (Wildman–Crippen LogP) is 4.24. The van der Waals surface area contributed by atoms with Crippen LogP contribution in [0.5, 0.6) is 11.5 Å². The summed E-state index contributed by atoms with van der Waals surface area (Å²) in [6.45, 7) is 8.68. The normalized spacial score (nSPS) is 14.6. The third-order valence-electron chi connectivity index (χ3n) is 4.87. The summed E-state index contributed by atoms with van der Waals surface area (Å²) in [6.07, 6.45) is 1.80. The molecular weight excluding hydrogens is 380 g/mol. The first kappa shape index (κ1) is 20.1. The Morgan fingerprint density at radius 3 is 2.43 bits per heavy atom. The van der Waals surface area contributed by atoms with Crippen LogP contribution in [0.4, 0.5) is 11.5 Å². The van der Waals surface area contributed by atoms with Crippen LogP contribution in [0, 0.1) is 5.41 Å². The van der Waals surface area contributed by atoms with Gasteiger partial charge in [0.1, 0.15) is 17.3 Å². The summed E-state index contributed by atoms with van der Waals surface area (Å²) in [5.41, 5.74) is 1.90. The molecular formula is C23H26N4O3. The van der Waals surface area contributed by atoms with Crippen molar-refractivity contribution in [1.82, 2.24) is 9.97 Å². The number of benzene rings is 2. The van der Waals surface area contributed by atoms with E-state index < -0.39 is 5.41 Å². The number of nitrogens with zero attached hydrogens (tertiary/aromatic N) is 3. The van der Waals surface area contributed by atoms with Gasteiger partial charge in [0.05, 0.1) is 30.4 Å². The highest BCUT2D eigenvalue weighted by Crippen LogP contribution is 2.27. The minimum atomic E-state index is -0.443. The molecule has 156 valence electrons. The van der Waals surface area contributed by atoms with E-state index >= 15 is 0 Å². The van der Waals surface area contributed by atoms with Crippen LogP contribution in [-0.2, 0) is 9.53 Å². The number of ether oxygens (including phenoxy) is 2. The number of aromatic nitrogens is 2. The van der Waals surface area contributed by atoms with Gasteiger partial charge in [-0.2, -0.15) is 0 Å². The second-order valence-corrected chi connectivity index (χ2v) is 8.31. The van der Waals surface area contributed by atoms with Gasteiger partial charge in [0.15, 0.2) is 0 Å². The van der Waals surface area contributed by atoms with Gasteiger partial charge in [0.2, 0.25) is 5.91 Å². The number of fused-ring (bicyclic) bond motifs is 1. The highest BCUT2D eigenvalue weighted by Gasteiger charge is 2.21. The minimum Gasteiger partial charge on any atom is -0.457 e. The Hall–Kier alpha value is -3.19. The lowest BCUT2D eigenvalue weighted by Gasteiger charge is -2.27. The molecule has 0 saturated carbocycles. The summed E-state index contributed by atoms with van der Waals surface area (Å²) < 4.78 is 11.4. The molecule has 1 fully saturated rings. The Morgan fingerprint density at radius 1 is 1.03 bits per heavy atom. The zero-order valence-corrected chi connectivity index (χ0v) is 17.5. The molecule has 1 saturated heterocycles. The van der Waals surface area contributed by atoms with Crippen LogP contribution in [0.2, 0.25) is 0 Å². The molecule has 1 amide bonds. The first-order valence-corrected chi connectivity index (χ1v) is 10.1. The highest BCUT2D eigenvalue weighted by atomic mass is 16.5. The fourth-order valence-electron chi connectivity index (χ4n) is 3.05. The molecule has 3 aromatic rings. The van der Waals surface area contributed by atoms with Crippen molar-refractivity contribution in [2.45, 2.75) is 20.8 Å². The maximum Gasteiger partial charge on any atom is 0.229 e. The molecule has 0 spiro atoms. The van der Waals surface area contributed by atoms with Crippen molar-refractivity contribution in [3.8, 4) is 11.5 Å². The van der Waals surface area contributed by atoms with Crippen LogP contribution in [-0.4, -0.2) is 42.2 Å². The highest BCUT2D eigenvalue weighted by molar-refractivity contribution is 5.94. The van der Waals surface area contributed by atoms with Crippen LogP contribution in [0.15, 0.2) is 48.7 Å². The average molecular weight is 406 g/mol. The molecule has 2 aromatic carbocycles. The van der Waals surface area contributed by atoms with E-state index in [1.165, 1.54) is 0 Å². The number of nitrogens with one attached hydrogen (secondary N) is 1. The van der Waals surface area contributed by atoms with Gasteiger partial charge >= 0.3 is 0 Å². The monoisotopic (exact) mass is 406 g/mol. The number of carbonyl (C=O) groups is 1. The van der Waals surface area contributed by atoms with Gasteiger partial charge in [-0.15, -0.1) is 0 Å². The van der Waals surface area contributed by atoms with Crippen LogP contribution in [0.3, 0.4) is 0 Å². The average Bonchev–Trinajstić information content (AvgIpc) is 2.74. The Morgan fingerprint density at radius 2 is 1.73 bits per heavy atom. The van der Waals surface area contributed by atoms with E-state index in [1.54, 1.807) is 6.20 Å². The van der Waals surface area contributed by atoms with E-state index in [-0.39, 0.29) is 5.91 Å². The Balaban J connectivity index is 1.48. The van der Waals surface area contributed by atoms with Crippen molar-refractivity contribution in [3.63, 3.8) is 0 Å². The number of hydrogen-bond acceptors (Lipinski definition) is 6. The molecule has 0 bridgehead atoms. The molecule has 0 atom stereocenters. The minimum absolute atomic E-state index is 0.0275. The molecule has 1 aliphatic rings. The first-order valence-electron chi connectivity index (χ1n) is 10.1. The van der Waals surface area contributed by atoms with Gasteiger partial charge in [-0.25, -0.2) is 4.98 Å². The summed E-state index contributed by atoms with van der Waals surface area (Å²) in [4.78, 5) is 23.6. The van der Waals surface area contributed by atoms with E-state index in [9.17, 15) is 4.79 Å². The lowest BCUT2D eigenvalue weighted by Crippen LogP contribution is -2.36. The summed E-state index contributed by atoms with van der Waals surface area (Å²) in [6, 6.07) is 13.0. The number of hydrogen-bond donors (Lipinski definition) is 1. The lowest BCUT2D eigenvalue weighted by molar-refractivity contribution is -0.123. The predicted molar refractivity (Wildman–Crippen MR) is 117 cm³/mol. The molecule has 30 heavy (non-hydrogen) atoms. The molecule has 1 N–H and O–H groups in total. The molecule has 0 unspecified atom stereocenters. The zero-order chi connectivity index (χ0) is 21.1. The number of anilines is 2. The molecule has 2 heterocycles. The molecule has 4 rings (SSSR count). The molecule has 0 radical (unpaired) electrons. The molecule has 1 aromatic heterocycles. The van der Waals surface area contributed by atoms with Crippen LogP contribution < -0.4 is 15.0 Å². The fourth-order valence-corrected chi connectivity index (χ4v) is 3.05. The van der Waals surface area contributed by atoms with E-state index in [1.807, 2.05) is 63.2 Å². The standard InChI is InChI=1S/C23H26N4O3/c1-23(2,3)22(28)25-16-4-6-17(7-5-16)30-18-8-9-19-20(14-18)26-21(15-24-19)27-10-12-29-13-11-27/h4-9,14-15H,10-13H2,1-3H3,(H,25,28). The van der Waals surface area contributed by atoms with Gasteiger partial charge < -0.3 is 19.7 Å². The fraction of sp³-hybridized carbons (Fsp3) is 0.348. The maximum absolute atomic E-state index is 12.1. The topological polar surface area (TPSA) is 76.6 Å². The third-order valence-corrected chi connectivity index (χ3v) is 4.87. The largest absolute Gasteiger partial charge is 0.457 e. The summed E-state index contributed by atoms with van der Waals surface area (Å²) >= 11 is 0. The van der Waals surface area contributed by atoms with E-state index in [0.29, 0.717) is 24.7 Å².